The van der Waals surface area contributed by atoms with Crippen LogP contribution in [0.2, 0.25) is 0 Å². The highest BCUT2D eigenvalue weighted by Gasteiger charge is 2.84. The number of alkyl halides is 1. The summed E-state index contributed by atoms with van der Waals surface area (Å²) in [6.07, 6.45) is -2.38. The van der Waals surface area contributed by atoms with E-state index in [4.69, 9.17) is 34.6 Å². The number of ether oxygens (including phenoxy) is 2. The lowest BCUT2D eigenvalue weighted by Crippen LogP contribution is -2.47. The molecule has 1 saturated heterocycles. The molecule has 2 aromatic rings. The number of nitrogens with zero attached hydrogens (tertiary/aromatic N) is 1. The van der Waals surface area contributed by atoms with Gasteiger partial charge in [-0.2, -0.15) is 0 Å². The molecule has 1 aromatic heterocycles. The normalized spacial score (nSPS) is 31.4. The molecule has 0 spiro atoms. The first-order chi connectivity index (χ1) is 16.0. The summed E-state index contributed by atoms with van der Waals surface area (Å²) in [5.74, 6) is -0.673. The largest absolute Gasteiger partial charge is 0.531 e. The van der Waals surface area contributed by atoms with E-state index in [1.165, 1.54) is 25.3 Å². The summed E-state index contributed by atoms with van der Waals surface area (Å²) in [5, 5.41) is 11.2. The SMILES string of the molecule is CCOC(=O)COP(=O)(Oc1ccccc1)OC1C2OC(n3ccc(=O)[nH]c3=O)C(C)(Cl)C21O. The predicted molar refractivity (Wildman–Crippen MR) is 117 cm³/mol. The van der Waals surface area contributed by atoms with Crippen LogP contribution in [0.4, 0.5) is 0 Å². The Hall–Kier alpha value is -2.47. The zero-order valence-electron chi connectivity index (χ0n) is 18.1. The van der Waals surface area contributed by atoms with E-state index >= 15 is 0 Å². The van der Waals surface area contributed by atoms with Gasteiger partial charge in [-0.3, -0.25) is 23.4 Å². The third-order valence-electron chi connectivity index (χ3n) is 5.51. The molecular weight excluding hydrogens is 495 g/mol. The van der Waals surface area contributed by atoms with Crippen molar-refractivity contribution in [3.8, 4) is 5.75 Å². The monoisotopic (exact) mass is 516 g/mol. The highest BCUT2D eigenvalue weighted by molar-refractivity contribution is 7.49. The maximum Gasteiger partial charge on any atom is 0.531 e. The van der Waals surface area contributed by atoms with Crippen LogP contribution in [-0.4, -0.2) is 56.5 Å². The summed E-state index contributed by atoms with van der Waals surface area (Å²) in [7, 11) is -4.49. The number of phosphoric acid groups is 1. The maximum atomic E-state index is 13.4. The van der Waals surface area contributed by atoms with Crippen molar-refractivity contribution in [2.45, 2.75) is 42.8 Å². The summed E-state index contributed by atoms with van der Waals surface area (Å²) in [6, 6.07) is 9.04. The van der Waals surface area contributed by atoms with Crippen LogP contribution < -0.4 is 15.8 Å². The second kappa shape index (κ2) is 8.95. The summed E-state index contributed by atoms with van der Waals surface area (Å²) in [5.41, 5.74) is -3.31. The number of benzene rings is 1. The molecule has 0 radical (unpaired) electrons. The molecule has 2 fully saturated rings. The minimum atomic E-state index is -4.49. The molecule has 12 nitrogen and oxygen atoms in total. The highest BCUT2D eigenvalue weighted by atomic mass is 35.5. The van der Waals surface area contributed by atoms with E-state index in [0.717, 1.165) is 10.6 Å². The number of hydrogen-bond acceptors (Lipinski definition) is 10. The van der Waals surface area contributed by atoms with Gasteiger partial charge in [-0.1, -0.05) is 18.2 Å². The van der Waals surface area contributed by atoms with Crippen LogP contribution in [0, 0.1) is 0 Å². The van der Waals surface area contributed by atoms with Gasteiger partial charge in [0.2, 0.25) is 0 Å². The van der Waals surface area contributed by atoms with E-state index in [1.54, 1.807) is 25.1 Å². The minimum absolute atomic E-state index is 0.0846. The first kappa shape index (κ1) is 24.6. The topological polar surface area (TPSA) is 155 Å². The van der Waals surface area contributed by atoms with E-state index in [-0.39, 0.29) is 12.4 Å². The number of fused-ring (bicyclic) bond motifs is 1. The number of carbonyl (C=O) groups excluding carboxylic acids is 1. The van der Waals surface area contributed by atoms with Gasteiger partial charge in [0, 0.05) is 12.3 Å². The van der Waals surface area contributed by atoms with Crippen LogP contribution in [0.15, 0.2) is 52.2 Å². The quantitative estimate of drug-likeness (QED) is 0.283. The lowest BCUT2D eigenvalue weighted by atomic mass is 10.0. The molecule has 0 amide bonds. The van der Waals surface area contributed by atoms with Crippen molar-refractivity contribution in [1.29, 1.82) is 0 Å². The number of carbonyl (C=O) groups is 1. The Bertz CT molecular complexity index is 1230. The standard InChI is InChI=1S/C20H22ClN2O10P/c1-3-29-14(25)11-30-34(28,32-12-7-5-4-6-8-12)33-16-15-20(16,27)19(2,21)17(31-15)23-10-9-13(24)22-18(23)26/h4-10,15-17,27H,3,11H2,1-2H3,(H,22,24,26). The lowest BCUT2D eigenvalue weighted by Gasteiger charge is -2.32. The van der Waals surface area contributed by atoms with Crippen LogP contribution in [0.3, 0.4) is 0 Å². The van der Waals surface area contributed by atoms with Crippen LogP contribution in [-0.2, 0) is 27.9 Å². The Morgan fingerprint density at radius 1 is 1.29 bits per heavy atom. The van der Waals surface area contributed by atoms with Gasteiger partial charge in [-0.25, -0.2) is 14.2 Å². The first-order valence-electron chi connectivity index (χ1n) is 10.2. The fourth-order valence-corrected chi connectivity index (χ4v) is 5.47. The van der Waals surface area contributed by atoms with Gasteiger partial charge in [0.15, 0.2) is 12.8 Å². The van der Waals surface area contributed by atoms with Crippen molar-refractivity contribution in [3.05, 3.63) is 63.4 Å². The third kappa shape index (κ3) is 4.33. The molecule has 2 heterocycles. The molecular formula is C20H22ClN2O10P. The summed E-state index contributed by atoms with van der Waals surface area (Å²) >= 11 is 6.61. The third-order valence-corrected chi connectivity index (χ3v) is 7.36. The number of aliphatic hydroxyl groups is 1. The molecule has 2 aliphatic rings. The van der Waals surface area contributed by atoms with Crippen LogP contribution in [0.1, 0.15) is 20.1 Å². The van der Waals surface area contributed by atoms with Crippen molar-refractivity contribution in [3.63, 3.8) is 0 Å². The number of halogens is 1. The molecule has 2 N–H and O–H groups in total. The Kier molecular flexibility index (Phi) is 6.49. The zero-order valence-corrected chi connectivity index (χ0v) is 19.7. The van der Waals surface area contributed by atoms with Crippen LogP contribution in [0.25, 0.3) is 0 Å². The van der Waals surface area contributed by atoms with Gasteiger partial charge < -0.3 is 19.1 Å². The van der Waals surface area contributed by atoms with E-state index in [9.17, 15) is 24.1 Å². The van der Waals surface area contributed by atoms with Gasteiger partial charge >= 0.3 is 19.5 Å². The maximum absolute atomic E-state index is 13.4. The summed E-state index contributed by atoms with van der Waals surface area (Å²) in [6.45, 7) is 2.35. The van der Waals surface area contributed by atoms with E-state index < -0.39 is 60.6 Å². The second-order valence-corrected chi connectivity index (χ2v) is 10.1. The van der Waals surface area contributed by atoms with E-state index in [1.807, 2.05) is 0 Å². The van der Waals surface area contributed by atoms with Crippen molar-refractivity contribution >= 4 is 25.4 Å². The molecule has 1 aliphatic carbocycles. The number of esters is 1. The molecule has 1 aliphatic heterocycles. The smallest absolute Gasteiger partial charge is 0.464 e. The Morgan fingerprint density at radius 3 is 2.59 bits per heavy atom. The van der Waals surface area contributed by atoms with Gasteiger partial charge in [-0.15, -0.1) is 11.6 Å². The first-order valence-corrected chi connectivity index (χ1v) is 12.1. The number of para-hydroxylation sites is 1. The predicted octanol–water partition coefficient (Wildman–Crippen LogP) is 1.33. The number of H-pyrrole nitrogens is 1. The molecule has 184 valence electrons. The number of aromatic amines is 1. The lowest BCUT2D eigenvalue weighted by molar-refractivity contribution is -0.146. The molecule has 6 unspecified atom stereocenters. The average molecular weight is 517 g/mol. The number of phosphoric ester groups is 1. The van der Waals surface area contributed by atoms with Crippen molar-refractivity contribution in [1.82, 2.24) is 9.55 Å². The molecule has 14 heteroatoms. The van der Waals surface area contributed by atoms with Gasteiger partial charge in [0.05, 0.1) is 6.61 Å². The van der Waals surface area contributed by atoms with Gasteiger partial charge in [0.1, 0.15) is 28.4 Å². The number of hydrogen-bond donors (Lipinski definition) is 2. The van der Waals surface area contributed by atoms with Crippen LogP contribution in [0.5, 0.6) is 5.75 Å². The number of aromatic nitrogens is 2. The molecule has 0 bridgehead atoms. The summed E-state index contributed by atoms with van der Waals surface area (Å²) in [4.78, 5) is 35.7. The average Bonchev–Trinajstić information content (AvgIpc) is 3.27. The van der Waals surface area contributed by atoms with Crippen molar-refractivity contribution in [2.75, 3.05) is 13.2 Å². The fourth-order valence-electron chi connectivity index (χ4n) is 3.75. The number of nitrogens with one attached hydrogen (secondary N) is 1. The highest BCUT2D eigenvalue weighted by Crippen LogP contribution is 2.67. The molecule has 34 heavy (non-hydrogen) atoms. The van der Waals surface area contributed by atoms with Crippen molar-refractivity contribution < 1.29 is 37.5 Å². The van der Waals surface area contributed by atoms with E-state index in [0.29, 0.717) is 0 Å². The minimum Gasteiger partial charge on any atom is -0.464 e. The molecule has 1 aromatic carbocycles. The van der Waals surface area contributed by atoms with Gasteiger partial charge in [0.25, 0.3) is 5.56 Å². The second-order valence-electron chi connectivity index (χ2n) is 7.78. The Morgan fingerprint density at radius 2 is 2.00 bits per heavy atom. The Labute approximate surface area is 197 Å². The van der Waals surface area contributed by atoms with E-state index in [2.05, 4.69) is 4.98 Å². The molecule has 1 saturated carbocycles. The summed E-state index contributed by atoms with van der Waals surface area (Å²) < 4.78 is 41.0. The zero-order chi connectivity index (χ0) is 24.7. The molecule has 6 atom stereocenters. The fraction of sp³-hybridized carbons (Fsp3) is 0.450. The number of rotatable bonds is 9. The Balaban J connectivity index is 1.55. The van der Waals surface area contributed by atoms with Crippen LogP contribution >= 0.6 is 19.4 Å². The molecule has 4 rings (SSSR count). The van der Waals surface area contributed by atoms with Crippen molar-refractivity contribution in [2.24, 2.45) is 0 Å². The van der Waals surface area contributed by atoms with Gasteiger partial charge in [-0.05, 0) is 26.0 Å².